The van der Waals surface area contributed by atoms with Gasteiger partial charge in [0.05, 0.1) is 17.9 Å². The molecule has 6 aromatic rings. The Kier molecular flexibility index (Phi) is 20.6. The number of aromatic nitrogens is 2. The number of esters is 1. The fraction of sp³-hybridized carbons (Fsp3) is 0.417. The molecule has 6 rings (SSSR count). The highest BCUT2D eigenvalue weighted by atomic mass is 27.2. The topological polar surface area (TPSA) is 166 Å². The van der Waals surface area contributed by atoms with Crippen LogP contribution in [0.25, 0.3) is 21.9 Å². The van der Waals surface area contributed by atoms with E-state index in [-0.39, 0.29) is 29.4 Å². The van der Waals surface area contributed by atoms with E-state index < -0.39 is 62.2 Å². The van der Waals surface area contributed by atoms with Crippen LogP contribution in [0.3, 0.4) is 0 Å². The number of hydrogen-bond acceptors (Lipinski definition) is 10. The minimum atomic E-state index is -4.64. The lowest BCUT2D eigenvalue weighted by Crippen LogP contribution is -2.26. The number of alkyl halides is 6. The number of aryl methyl sites for hydroxylation is 4. The normalized spacial score (nSPS) is 12.2. The van der Waals surface area contributed by atoms with E-state index in [4.69, 9.17) is 33.7 Å². The van der Waals surface area contributed by atoms with Gasteiger partial charge in [-0.2, -0.15) is 26.3 Å². The van der Waals surface area contributed by atoms with Gasteiger partial charge in [-0.15, -0.1) is 0 Å². The third-order valence-electron chi connectivity index (χ3n) is 9.70. The van der Waals surface area contributed by atoms with Gasteiger partial charge in [-0.3, -0.25) is 4.79 Å². The largest absolute Gasteiger partial charge is 0.475 e. The number of rotatable bonds is 16. The van der Waals surface area contributed by atoms with E-state index in [0.29, 0.717) is 96.2 Å². The summed E-state index contributed by atoms with van der Waals surface area (Å²) in [6.45, 7) is 7.62. The molecule has 0 spiro atoms. The number of fused-ring (bicyclic) bond motifs is 2. The minimum Gasteiger partial charge on any atom is -0.475 e. The number of carbonyl (C=O) groups is 2. The van der Waals surface area contributed by atoms with Gasteiger partial charge in [0.15, 0.2) is 22.6 Å². The van der Waals surface area contributed by atoms with E-state index in [0.717, 1.165) is 0 Å². The van der Waals surface area contributed by atoms with E-state index in [2.05, 4.69) is 21.9 Å². The molecule has 0 bridgehead atoms. The van der Waals surface area contributed by atoms with Crippen LogP contribution in [0.1, 0.15) is 118 Å². The Morgan fingerprint density at radius 3 is 1.32 bits per heavy atom. The SMILES string of the molecule is C.CCCc1cc2c(C(F)(F)F)noc2c(CCC)c1OC(C(=O)OC)c1ccccc1.CCCc1cc2c(C(F)(F)F)noc2c(CCC)c1OC(C(N)=O)c1ccccc1.[CH3][Al]([CH3])[NH2]. The lowest BCUT2D eigenvalue weighted by Gasteiger charge is -2.22. The number of amides is 1. The Labute approximate surface area is 385 Å². The van der Waals surface area contributed by atoms with Crippen molar-refractivity contribution in [3.63, 3.8) is 0 Å². The number of methoxy groups -OCH3 is 1. The summed E-state index contributed by atoms with van der Waals surface area (Å²) in [5.74, 6) is 3.55. The summed E-state index contributed by atoms with van der Waals surface area (Å²) >= 11 is -0.639. The van der Waals surface area contributed by atoms with Crippen LogP contribution in [0.5, 0.6) is 11.5 Å². The van der Waals surface area contributed by atoms with Crippen LogP contribution < -0.4 is 19.9 Å². The summed E-state index contributed by atoms with van der Waals surface area (Å²) in [5, 5.41) is 6.37. The average molecular weight is 945 g/mol. The molecule has 66 heavy (non-hydrogen) atoms. The molecular weight excluding hydrogens is 886 g/mol. The van der Waals surface area contributed by atoms with Gasteiger partial charge in [0.25, 0.3) is 5.91 Å². The summed E-state index contributed by atoms with van der Waals surface area (Å²) in [6, 6.07) is 20.3. The van der Waals surface area contributed by atoms with Crippen molar-refractivity contribution in [2.75, 3.05) is 7.11 Å². The van der Waals surface area contributed by atoms with Crippen molar-refractivity contribution in [2.24, 2.45) is 10.5 Å². The maximum absolute atomic E-state index is 13.5. The minimum absolute atomic E-state index is 0. The Morgan fingerprint density at radius 2 is 1.00 bits per heavy atom. The van der Waals surface area contributed by atoms with Gasteiger partial charge in [-0.05, 0) is 48.9 Å². The Balaban J connectivity index is 0.000000320. The molecule has 0 fully saturated rings. The van der Waals surface area contributed by atoms with Crippen LogP contribution in [0.4, 0.5) is 26.3 Å². The van der Waals surface area contributed by atoms with Gasteiger partial charge < -0.3 is 33.7 Å². The zero-order valence-electron chi connectivity index (χ0n) is 37.5. The fourth-order valence-corrected chi connectivity index (χ4v) is 7.08. The molecule has 4 aromatic carbocycles. The molecule has 0 radical (unpaired) electrons. The first-order chi connectivity index (χ1) is 30.8. The maximum Gasteiger partial charge on any atom is 0.437 e. The van der Waals surface area contributed by atoms with Gasteiger partial charge >= 0.3 is 32.7 Å². The Bertz CT molecular complexity index is 2470. The molecule has 0 saturated carbocycles. The molecule has 11 nitrogen and oxygen atoms in total. The van der Waals surface area contributed by atoms with Crippen molar-refractivity contribution in [2.45, 2.75) is 123 Å². The summed E-state index contributed by atoms with van der Waals surface area (Å²) in [7, 11) is 1.26. The van der Waals surface area contributed by atoms with Crippen molar-refractivity contribution in [3.8, 4) is 11.5 Å². The molecule has 1 amide bonds. The van der Waals surface area contributed by atoms with E-state index in [1.54, 1.807) is 54.6 Å². The summed E-state index contributed by atoms with van der Waals surface area (Å²) < 4.78 is 113. The lowest BCUT2D eigenvalue weighted by molar-refractivity contribution is -0.149. The first-order valence-electron chi connectivity index (χ1n) is 21.4. The van der Waals surface area contributed by atoms with E-state index >= 15 is 0 Å². The third kappa shape index (κ3) is 13.7. The van der Waals surface area contributed by atoms with Gasteiger partial charge in [-0.25, -0.2) is 4.79 Å². The predicted octanol–water partition coefficient (Wildman–Crippen LogP) is 12.2. The molecule has 358 valence electrons. The van der Waals surface area contributed by atoms with Gasteiger partial charge in [0, 0.05) is 22.3 Å². The van der Waals surface area contributed by atoms with Crippen LogP contribution in [0.2, 0.25) is 11.6 Å². The fourth-order valence-electron chi connectivity index (χ4n) is 7.08. The molecular formula is C48H59AlF6N4O7. The standard InChI is InChI=1S/C23H24F3NO4.C22H23F3N2O3.CH4.2CH3.Al.H2N/c1-4-9-15-13-17-20(31-27-21(17)23(24,25)26)16(10-5-2)18(15)30-19(22(28)29-3)14-11-7-6-8-12-14;1-3-8-14-12-16-19(30-27-20(16)22(23,24)25)15(9-4-2)17(14)29-18(21(26)28)13-10-6-5-7-11-13;;;;;/h6-8,11-13,19H,4-5,9-10H2,1-3H3;5-7,10-12,18H,3-4,8-9H2,1-2H3,(H2,26,28);1H4;2*1H3;;1H2/q;;;;;+1;-1. The highest BCUT2D eigenvalue weighted by molar-refractivity contribution is 6.51. The maximum atomic E-state index is 13.5. The molecule has 2 atom stereocenters. The molecule has 0 aliphatic heterocycles. The lowest BCUT2D eigenvalue weighted by atomic mass is 9.97. The predicted molar refractivity (Wildman–Crippen MR) is 243 cm³/mol. The number of carbonyl (C=O) groups excluding carboxylic acids is 2. The second-order valence-electron chi connectivity index (χ2n) is 15.5. The first kappa shape index (κ1) is 54.8. The quantitative estimate of drug-likeness (QED) is 0.0542. The molecule has 2 heterocycles. The molecule has 18 heteroatoms. The van der Waals surface area contributed by atoms with Gasteiger partial charge in [0.1, 0.15) is 11.5 Å². The second-order valence-corrected chi connectivity index (χ2v) is 18.0. The summed E-state index contributed by atoms with van der Waals surface area (Å²) in [5.41, 5.74) is 6.71. The molecule has 0 aliphatic rings. The smallest absolute Gasteiger partial charge is 0.437 e. The molecule has 0 saturated heterocycles. The second kappa shape index (κ2) is 24.8. The number of halogens is 6. The summed E-state index contributed by atoms with van der Waals surface area (Å²) in [4.78, 5) is 24.7. The van der Waals surface area contributed by atoms with E-state index in [9.17, 15) is 35.9 Å². The number of ether oxygens (including phenoxy) is 3. The van der Waals surface area contributed by atoms with Gasteiger partial charge in [0.2, 0.25) is 12.2 Å². The zero-order chi connectivity index (χ0) is 48.1. The number of primary amides is 1. The monoisotopic (exact) mass is 944 g/mol. The zero-order valence-corrected chi connectivity index (χ0v) is 38.6. The third-order valence-corrected chi connectivity index (χ3v) is 9.70. The molecule has 2 unspecified atom stereocenters. The number of nitrogens with two attached hydrogens (primary N) is 2. The molecule has 2 aromatic heterocycles. The van der Waals surface area contributed by atoms with Crippen molar-refractivity contribution >= 4 is 48.2 Å². The van der Waals surface area contributed by atoms with Crippen LogP contribution in [-0.2, 0) is 52.4 Å². The van der Waals surface area contributed by atoms with E-state index in [1.807, 2.05) is 33.8 Å². The van der Waals surface area contributed by atoms with Crippen molar-refractivity contribution in [1.82, 2.24) is 10.3 Å². The number of benzene rings is 4. The molecule has 4 N–H and O–H groups in total. The van der Waals surface area contributed by atoms with Crippen LogP contribution in [-0.4, -0.2) is 43.7 Å². The Hall–Kier alpha value is -5.57. The highest BCUT2D eigenvalue weighted by Crippen LogP contribution is 2.44. The number of nitrogens with zero attached hydrogens (tertiary/aromatic N) is 2. The van der Waals surface area contributed by atoms with Crippen molar-refractivity contribution in [3.05, 3.63) is 118 Å². The first-order valence-corrected chi connectivity index (χ1v) is 24.4. The van der Waals surface area contributed by atoms with Crippen molar-refractivity contribution in [1.29, 1.82) is 0 Å². The highest BCUT2D eigenvalue weighted by Gasteiger charge is 2.40. The van der Waals surface area contributed by atoms with Crippen LogP contribution >= 0.6 is 0 Å². The van der Waals surface area contributed by atoms with Crippen LogP contribution in [0, 0.1) is 0 Å². The van der Waals surface area contributed by atoms with Crippen molar-refractivity contribution < 1.29 is 59.2 Å². The average Bonchev–Trinajstić information content (AvgIpc) is 3.89. The van der Waals surface area contributed by atoms with E-state index in [1.165, 1.54) is 19.2 Å². The van der Waals surface area contributed by atoms with Crippen LogP contribution in [0.15, 0.2) is 81.8 Å². The summed E-state index contributed by atoms with van der Waals surface area (Å²) in [6.07, 6.45) is -7.08. The number of hydrogen-bond donors (Lipinski definition) is 2. The Morgan fingerprint density at radius 1 is 0.652 bits per heavy atom. The van der Waals surface area contributed by atoms with Gasteiger partial charge in [-0.1, -0.05) is 143 Å². The molecule has 0 aliphatic carbocycles.